The van der Waals surface area contributed by atoms with Crippen molar-refractivity contribution in [2.24, 2.45) is 5.92 Å². The summed E-state index contributed by atoms with van der Waals surface area (Å²) in [5.74, 6) is -0.418. The summed E-state index contributed by atoms with van der Waals surface area (Å²) in [6.45, 7) is 12.1. The molecule has 0 heterocycles. The highest BCUT2D eigenvalue weighted by molar-refractivity contribution is 5.91. The number of hydrogen-bond acceptors (Lipinski definition) is 3. The van der Waals surface area contributed by atoms with Crippen LogP contribution in [0.5, 0.6) is 0 Å². The van der Waals surface area contributed by atoms with E-state index in [4.69, 9.17) is 4.74 Å². The van der Waals surface area contributed by atoms with Crippen molar-refractivity contribution in [3.8, 4) is 0 Å². The Morgan fingerprint density at radius 2 is 1.64 bits per heavy atom. The molecule has 0 aliphatic carbocycles. The van der Waals surface area contributed by atoms with Gasteiger partial charge in [-0.05, 0) is 36.0 Å². The lowest BCUT2D eigenvalue weighted by molar-refractivity contribution is -0.125. The van der Waals surface area contributed by atoms with E-state index >= 15 is 0 Å². The highest BCUT2D eigenvalue weighted by Gasteiger charge is 2.16. The Bertz CT molecular complexity index is 512. The van der Waals surface area contributed by atoms with E-state index in [1.807, 2.05) is 32.9 Å². The van der Waals surface area contributed by atoms with Crippen LogP contribution in [0.3, 0.4) is 0 Å². The molecular weight excluding hydrogens is 278 g/mol. The van der Waals surface area contributed by atoms with E-state index in [9.17, 15) is 9.59 Å². The monoisotopic (exact) mass is 305 g/mol. The van der Waals surface area contributed by atoms with Gasteiger partial charge in [0.2, 0.25) is 0 Å². The maximum atomic E-state index is 11.9. The van der Waals surface area contributed by atoms with Crippen LogP contribution < -0.4 is 5.32 Å². The minimum atomic E-state index is -0.479. The van der Waals surface area contributed by atoms with Crippen LogP contribution in [0.2, 0.25) is 0 Å². The molecule has 0 aliphatic rings. The lowest BCUT2D eigenvalue weighted by Gasteiger charge is -2.19. The van der Waals surface area contributed by atoms with E-state index in [1.54, 1.807) is 12.1 Å². The molecular formula is C18H27NO3. The molecule has 1 aromatic rings. The number of carbonyl (C=O) groups is 2. The lowest BCUT2D eigenvalue weighted by atomic mass is 9.87. The third-order valence-electron chi connectivity index (χ3n) is 3.71. The standard InChI is InChI=1S/C18H27NO3/c1-12(2)13(3)19-16(20)11-22-17(21)14-7-9-15(10-8-14)18(4,5)6/h7-10,12-13H,11H2,1-6H3,(H,19,20)/t13-/m1/s1. The highest BCUT2D eigenvalue weighted by Crippen LogP contribution is 2.22. The molecule has 122 valence electrons. The van der Waals surface area contributed by atoms with E-state index in [2.05, 4.69) is 26.1 Å². The van der Waals surface area contributed by atoms with E-state index in [0.29, 0.717) is 11.5 Å². The van der Waals surface area contributed by atoms with E-state index < -0.39 is 5.97 Å². The number of nitrogens with one attached hydrogen (secondary N) is 1. The number of hydrogen-bond donors (Lipinski definition) is 1. The van der Waals surface area contributed by atoms with Gasteiger partial charge in [0.15, 0.2) is 6.61 Å². The first-order chi connectivity index (χ1) is 10.1. The Labute approximate surface area is 133 Å². The van der Waals surface area contributed by atoms with E-state index in [0.717, 1.165) is 5.56 Å². The molecule has 1 atom stereocenters. The molecule has 0 fully saturated rings. The summed E-state index contributed by atoms with van der Waals surface area (Å²) in [5.41, 5.74) is 1.64. The summed E-state index contributed by atoms with van der Waals surface area (Å²) in [6, 6.07) is 7.35. The molecule has 0 spiro atoms. The largest absolute Gasteiger partial charge is 0.452 e. The predicted octanol–water partition coefficient (Wildman–Crippen LogP) is 3.30. The maximum absolute atomic E-state index is 11.9. The van der Waals surface area contributed by atoms with Gasteiger partial charge in [-0.25, -0.2) is 4.79 Å². The molecule has 1 rings (SSSR count). The molecule has 1 amide bonds. The van der Waals surface area contributed by atoms with Gasteiger partial charge in [-0.15, -0.1) is 0 Å². The van der Waals surface area contributed by atoms with Gasteiger partial charge >= 0.3 is 5.97 Å². The first kappa shape index (κ1) is 18.2. The Balaban J connectivity index is 2.54. The van der Waals surface area contributed by atoms with Crippen LogP contribution in [0.25, 0.3) is 0 Å². The second kappa shape index (κ2) is 7.43. The van der Waals surface area contributed by atoms with Crippen molar-refractivity contribution in [2.75, 3.05) is 6.61 Å². The number of carbonyl (C=O) groups excluding carboxylic acids is 2. The molecule has 1 aromatic carbocycles. The zero-order chi connectivity index (χ0) is 16.9. The van der Waals surface area contributed by atoms with Crippen LogP contribution in [-0.2, 0) is 14.9 Å². The Hall–Kier alpha value is -1.84. The molecule has 4 nitrogen and oxygen atoms in total. The highest BCUT2D eigenvalue weighted by atomic mass is 16.5. The van der Waals surface area contributed by atoms with Gasteiger partial charge in [-0.3, -0.25) is 4.79 Å². The van der Waals surface area contributed by atoms with Crippen LogP contribution in [0.4, 0.5) is 0 Å². The first-order valence-electron chi connectivity index (χ1n) is 7.68. The van der Waals surface area contributed by atoms with Crippen molar-refractivity contribution >= 4 is 11.9 Å². The average molecular weight is 305 g/mol. The van der Waals surface area contributed by atoms with Crippen molar-refractivity contribution in [1.82, 2.24) is 5.32 Å². The SMILES string of the molecule is CC(C)[C@@H](C)NC(=O)COC(=O)c1ccc(C(C)(C)C)cc1. The normalized spacial score (nSPS) is 12.9. The molecule has 0 saturated heterocycles. The second-order valence-corrected chi connectivity index (χ2v) is 7.00. The fourth-order valence-electron chi connectivity index (χ4n) is 1.78. The zero-order valence-corrected chi connectivity index (χ0v) is 14.4. The second-order valence-electron chi connectivity index (χ2n) is 7.00. The van der Waals surface area contributed by atoms with Gasteiger partial charge in [0, 0.05) is 6.04 Å². The summed E-state index contributed by atoms with van der Waals surface area (Å²) < 4.78 is 5.05. The zero-order valence-electron chi connectivity index (χ0n) is 14.4. The first-order valence-corrected chi connectivity index (χ1v) is 7.68. The smallest absolute Gasteiger partial charge is 0.338 e. The Morgan fingerprint density at radius 3 is 2.09 bits per heavy atom. The number of amides is 1. The lowest BCUT2D eigenvalue weighted by Crippen LogP contribution is -2.38. The van der Waals surface area contributed by atoms with Gasteiger partial charge in [0.05, 0.1) is 5.56 Å². The summed E-state index contributed by atoms with van der Waals surface area (Å²) in [7, 11) is 0. The van der Waals surface area contributed by atoms with Crippen molar-refractivity contribution in [1.29, 1.82) is 0 Å². The van der Waals surface area contributed by atoms with Crippen LogP contribution in [0, 0.1) is 5.92 Å². The van der Waals surface area contributed by atoms with Gasteiger partial charge in [-0.2, -0.15) is 0 Å². The molecule has 0 aliphatic heterocycles. The Kier molecular flexibility index (Phi) is 6.15. The summed E-state index contributed by atoms with van der Waals surface area (Å²) in [4.78, 5) is 23.6. The fraction of sp³-hybridized carbons (Fsp3) is 0.556. The molecule has 0 saturated carbocycles. The molecule has 0 unspecified atom stereocenters. The van der Waals surface area contributed by atoms with Crippen molar-refractivity contribution in [3.05, 3.63) is 35.4 Å². The number of esters is 1. The van der Waals surface area contributed by atoms with Crippen LogP contribution in [0.15, 0.2) is 24.3 Å². The maximum Gasteiger partial charge on any atom is 0.338 e. The number of benzene rings is 1. The van der Waals surface area contributed by atoms with Crippen molar-refractivity contribution < 1.29 is 14.3 Å². The molecule has 22 heavy (non-hydrogen) atoms. The van der Waals surface area contributed by atoms with E-state index in [1.165, 1.54) is 0 Å². The summed E-state index contributed by atoms with van der Waals surface area (Å²) in [6.07, 6.45) is 0. The third-order valence-corrected chi connectivity index (χ3v) is 3.71. The summed E-state index contributed by atoms with van der Waals surface area (Å²) >= 11 is 0. The predicted molar refractivity (Wildman–Crippen MR) is 87.9 cm³/mol. The topological polar surface area (TPSA) is 55.4 Å². The number of rotatable bonds is 5. The number of ether oxygens (including phenoxy) is 1. The van der Waals surface area contributed by atoms with Gasteiger partial charge in [-0.1, -0.05) is 46.8 Å². The Morgan fingerprint density at radius 1 is 1.09 bits per heavy atom. The molecule has 4 heteroatoms. The molecule has 0 radical (unpaired) electrons. The quantitative estimate of drug-likeness (QED) is 0.849. The molecule has 1 N–H and O–H groups in total. The third kappa shape index (κ3) is 5.51. The fourth-order valence-corrected chi connectivity index (χ4v) is 1.78. The minimum absolute atomic E-state index is 0.0370. The van der Waals surface area contributed by atoms with Crippen LogP contribution in [0.1, 0.15) is 57.5 Å². The van der Waals surface area contributed by atoms with Gasteiger partial charge in [0.1, 0.15) is 0 Å². The van der Waals surface area contributed by atoms with Gasteiger partial charge < -0.3 is 10.1 Å². The minimum Gasteiger partial charge on any atom is -0.452 e. The van der Waals surface area contributed by atoms with Crippen molar-refractivity contribution in [3.63, 3.8) is 0 Å². The summed E-state index contributed by atoms with van der Waals surface area (Å²) in [5, 5.41) is 2.80. The van der Waals surface area contributed by atoms with Crippen LogP contribution in [-0.4, -0.2) is 24.5 Å². The van der Waals surface area contributed by atoms with Crippen LogP contribution >= 0.6 is 0 Å². The van der Waals surface area contributed by atoms with Crippen molar-refractivity contribution in [2.45, 2.75) is 53.0 Å². The van der Waals surface area contributed by atoms with E-state index in [-0.39, 0.29) is 24.0 Å². The van der Waals surface area contributed by atoms with Gasteiger partial charge in [0.25, 0.3) is 5.91 Å². The molecule has 0 aromatic heterocycles. The molecule has 0 bridgehead atoms. The average Bonchev–Trinajstić information content (AvgIpc) is 2.43.